The maximum Gasteiger partial charge on any atom is 0.0843 e. The van der Waals surface area contributed by atoms with Crippen molar-refractivity contribution in [3.63, 3.8) is 0 Å². The molecule has 18 heavy (non-hydrogen) atoms. The second-order valence-electron chi connectivity index (χ2n) is 4.16. The molecule has 0 aliphatic heterocycles. The van der Waals surface area contributed by atoms with E-state index in [0.717, 1.165) is 8.26 Å². The van der Waals surface area contributed by atoms with Crippen LogP contribution in [0.5, 0.6) is 0 Å². The highest BCUT2D eigenvalue weighted by molar-refractivity contribution is 9.13. The van der Waals surface area contributed by atoms with Crippen LogP contribution in [0.25, 0.3) is 0 Å². The van der Waals surface area contributed by atoms with Gasteiger partial charge >= 0.3 is 0 Å². The van der Waals surface area contributed by atoms with Gasteiger partial charge in [0.1, 0.15) is 0 Å². The Morgan fingerprint density at radius 3 is 2.56 bits per heavy atom. The van der Waals surface area contributed by atoms with Gasteiger partial charge in [-0.2, -0.15) is 0 Å². The zero-order valence-electron chi connectivity index (χ0n) is 10.1. The molecule has 1 aromatic heterocycles. The van der Waals surface area contributed by atoms with Crippen LogP contribution >= 0.6 is 43.2 Å². The van der Waals surface area contributed by atoms with Crippen molar-refractivity contribution < 1.29 is 0 Å². The maximum atomic E-state index is 5.74. The van der Waals surface area contributed by atoms with Gasteiger partial charge in [-0.1, -0.05) is 18.2 Å². The Bertz CT molecular complexity index is 547. The summed E-state index contributed by atoms with van der Waals surface area (Å²) in [7, 11) is 0. The zero-order valence-corrected chi connectivity index (χ0v) is 14.1. The zero-order chi connectivity index (χ0) is 13.3. The molecule has 5 heteroatoms. The quantitative estimate of drug-likeness (QED) is 0.601. The SMILES string of the molecule is Cc1cccc(C(NN)c2cc(Br)c(Br)s2)c1C. The molecular weight excluding hydrogens is 376 g/mol. The first kappa shape index (κ1) is 14.2. The van der Waals surface area contributed by atoms with Gasteiger partial charge < -0.3 is 0 Å². The largest absolute Gasteiger partial charge is 0.271 e. The normalized spacial score (nSPS) is 12.7. The van der Waals surface area contributed by atoms with Gasteiger partial charge in [-0.15, -0.1) is 11.3 Å². The van der Waals surface area contributed by atoms with Crippen molar-refractivity contribution in [3.05, 3.63) is 54.1 Å². The van der Waals surface area contributed by atoms with E-state index >= 15 is 0 Å². The highest BCUT2D eigenvalue weighted by atomic mass is 79.9. The lowest BCUT2D eigenvalue weighted by molar-refractivity contribution is 0.642. The number of aryl methyl sites for hydroxylation is 1. The van der Waals surface area contributed by atoms with E-state index in [1.165, 1.54) is 21.6 Å². The number of thiophene rings is 1. The molecule has 1 heterocycles. The first-order valence-electron chi connectivity index (χ1n) is 5.51. The summed E-state index contributed by atoms with van der Waals surface area (Å²) in [6.07, 6.45) is 0. The van der Waals surface area contributed by atoms with E-state index in [-0.39, 0.29) is 6.04 Å². The van der Waals surface area contributed by atoms with Crippen molar-refractivity contribution >= 4 is 43.2 Å². The summed E-state index contributed by atoms with van der Waals surface area (Å²) < 4.78 is 2.15. The van der Waals surface area contributed by atoms with E-state index in [0.29, 0.717) is 0 Å². The predicted molar refractivity (Wildman–Crippen MR) is 84.8 cm³/mol. The molecular formula is C13H14Br2N2S. The monoisotopic (exact) mass is 388 g/mol. The molecule has 0 spiro atoms. The Balaban J connectivity index is 2.48. The number of hydrogen-bond acceptors (Lipinski definition) is 3. The lowest BCUT2D eigenvalue weighted by atomic mass is 9.97. The van der Waals surface area contributed by atoms with E-state index in [4.69, 9.17) is 5.84 Å². The molecule has 1 atom stereocenters. The highest BCUT2D eigenvalue weighted by Crippen LogP contribution is 2.38. The van der Waals surface area contributed by atoms with Gasteiger partial charge in [0.05, 0.1) is 9.83 Å². The summed E-state index contributed by atoms with van der Waals surface area (Å²) in [5, 5.41) is 0. The van der Waals surface area contributed by atoms with Crippen LogP contribution in [-0.4, -0.2) is 0 Å². The van der Waals surface area contributed by atoms with Crippen LogP contribution in [0.1, 0.15) is 27.6 Å². The summed E-state index contributed by atoms with van der Waals surface area (Å²) in [4.78, 5) is 1.19. The molecule has 0 fully saturated rings. The van der Waals surface area contributed by atoms with Crippen LogP contribution in [0.3, 0.4) is 0 Å². The van der Waals surface area contributed by atoms with Crippen molar-refractivity contribution in [1.82, 2.24) is 5.43 Å². The van der Waals surface area contributed by atoms with E-state index in [1.807, 2.05) is 0 Å². The Hall–Kier alpha value is -0.200. The molecule has 2 aromatic rings. The second kappa shape index (κ2) is 5.84. The van der Waals surface area contributed by atoms with Crippen molar-refractivity contribution in [3.8, 4) is 0 Å². The van der Waals surface area contributed by atoms with Crippen LogP contribution in [-0.2, 0) is 0 Å². The summed E-state index contributed by atoms with van der Waals surface area (Å²) in [5.74, 6) is 5.74. The van der Waals surface area contributed by atoms with Gasteiger partial charge in [-0.25, -0.2) is 5.43 Å². The third kappa shape index (κ3) is 2.70. The summed E-state index contributed by atoms with van der Waals surface area (Å²) in [6.45, 7) is 4.25. The lowest BCUT2D eigenvalue weighted by Crippen LogP contribution is -2.28. The number of nitrogens with one attached hydrogen (secondary N) is 1. The van der Waals surface area contributed by atoms with E-state index in [2.05, 4.69) is 75.4 Å². The van der Waals surface area contributed by atoms with Crippen LogP contribution < -0.4 is 11.3 Å². The number of rotatable bonds is 3. The molecule has 0 aliphatic rings. The Morgan fingerprint density at radius 1 is 1.28 bits per heavy atom. The number of benzene rings is 1. The number of hydrazine groups is 1. The standard InChI is InChI=1S/C13H14Br2N2S/c1-7-4-3-5-9(8(7)2)12(17-16)11-6-10(14)13(15)18-11/h3-6,12,17H,16H2,1-2H3. The Morgan fingerprint density at radius 2 is 2.00 bits per heavy atom. The minimum absolute atomic E-state index is 0.0255. The number of nitrogens with two attached hydrogens (primary N) is 1. The molecule has 0 aliphatic carbocycles. The lowest BCUT2D eigenvalue weighted by Gasteiger charge is -2.18. The molecule has 0 amide bonds. The topological polar surface area (TPSA) is 38.0 Å². The van der Waals surface area contributed by atoms with E-state index in [9.17, 15) is 0 Å². The third-order valence-corrected chi connectivity index (χ3v) is 6.39. The minimum atomic E-state index is 0.0255. The summed E-state index contributed by atoms with van der Waals surface area (Å²) >= 11 is 8.72. The predicted octanol–water partition coefficient (Wildman–Crippen LogP) is 4.44. The first-order chi connectivity index (χ1) is 8.54. The van der Waals surface area contributed by atoms with Crippen molar-refractivity contribution in [2.24, 2.45) is 5.84 Å². The number of hydrogen-bond donors (Lipinski definition) is 2. The molecule has 96 valence electrons. The van der Waals surface area contributed by atoms with Gasteiger partial charge in [-0.3, -0.25) is 5.84 Å². The minimum Gasteiger partial charge on any atom is -0.271 e. The molecule has 2 nitrogen and oxygen atoms in total. The molecule has 3 N–H and O–H groups in total. The van der Waals surface area contributed by atoms with Crippen LogP contribution in [0.4, 0.5) is 0 Å². The summed E-state index contributed by atoms with van der Waals surface area (Å²) in [5.41, 5.74) is 6.69. The average molecular weight is 390 g/mol. The van der Waals surface area contributed by atoms with Crippen molar-refractivity contribution in [2.75, 3.05) is 0 Å². The fourth-order valence-electron chi connectivity index (χ4n) is 1.92. The Labute approximate surface area is 128 Å². The molecule has 1 unspecified atom stereocenters. The average Bonchev–Trinajstić information content (AvgIpc) is 2.66. The fraction of sp³-hybridized carbons (Fsp3) is 0.231. The summed E-state index contributed by atoms with van der Waals surface area (Å²) in [6, 6.07) is 8.43. The maximum absolute atomic E-state index is 5.74. The van der Waals surface area contributed by atoms with Gasteiger partial charge in [0.2, 0.25) is 0 Å². The smallest absolute Gasteiger partial charge is 0.0843 e. The second-order valence-corrected chi connectivity index (χ2v) is 7.42. The van der Waals surface area contributed by atoms with Gasteiger partial charge in [0.25, 0.3) is 0 Å². The van der Waals surface area contributed by atoms with E-state index in [1.54, 1.807) is 11.3 Å². The molecule has 0 saturated carbocycles. The van der Waals surface area contributed by atoms with Crippen molar-refractivity contribution in [2.45, 2.75) is 19.9 Å². The molecule has 0 radical (unpaired) electrons. The molecule has 1 aromatic carbocycles. The molecule has 2 rings (SSSR count). The number of halogens is 2. The fourth-order valence-corrected chi connectivity index (χ4v) is 4.09. The van der Waals surface area contributed by atoms with Crippen LogP contribution in [0, 0.1) is 13.8 Å². The van der Waals surface area contributed by atoms with Gasteiger partial charge in [0, 0.05) is 9.35 Å². The van der Waals surface area contributed by atoms with Gasteiger partial charge in [0.15, 0.2) is 0 Å². The van der Waals surface area contributed by atoms with Crippen LogP contribution in [0.15, 0.2) is 32.5 Å². The van der Waals surface area contributed by atoms with E-state index < -0.39 is 0 Å². The highest BCUT2D eigenvalue weighted by Gasteiger charge is 2.18. The van der Waals surface area contributed by atoms with Crippen LogP contribution in [0.2, 0.25) is 0 Å². The molecule has 0 saturated heterocycles. The first-order valence-corrected chi connectivity index (χ1v) is 7.91. The van der Waals surface area contributed by atoms with Gasteiger partial charge in [-0.05, 0) is 68.5 Å². The Kier molecular flexibility index (Phi) is 4.61. The van der Waals surface area contributed by atoms with Crippen molar-refractivity contribution in [1.29, 1.82) is 0 Å². The molecule has 0 bridgehead atoms. The third-order valence-electron chi connectivity index (χ3n) is 3.07.